The van der Waals surface area contributed by atoms with Crippen molar-refractivity contribution in [2.75, 3.05) is 6.54 Å². The van der Waals surface area contributed by atoms with Crippen LogP contribution in [0, 0.1) is 17.3 Å². The van der Waals surface area contributed by atoms with Crippen LogP contribution in [0.1, 0.15) is 78.7 Å². The first kappa shape index (κ1) is 28.1. The summed E-state index contributed by atoms with van der Waals surface area (Å²) in [6.45, 7) is 9.93. The minimum atomic E-state index is -3.28. The van der Waals surface area contributed by atoms with Gasteiger partial charge in [0.2, 0.25) is 5.91 Å². The molecule has 1 aromatic rings. The third kappa shape index (κ3) is 5.57. The molecule has 6 nitrogen and oxygen atoms in total. The van der Waals surface area contributed by atoms with Crippen LogP contribution in [0.4, 0.5) is 13.6 Å². The molecule has 0 aromatic heterocycles. The van der Waals surface area contributed by atoms with E-state index < -0.39 is 35.0 Å². The van der Waals surface area contributed by atoms with Crippen LogP contribution in [0.3, 0.4) is 0 Å². The Morgan fingerprint density at radius 2 is 1.69 bits per heavy atom. The van der Waals surface area contributed by atoms with Crippen LogP contribution in [0.15, 0.2) is 30.3 Å². The van der Waals surface area contributed by atoms with E-state index >= 15 is 8.78 Å². The molecule has 1 heterocycles. The van der Waals surface area contributed by atoms with E-state index in [1.54, 1.807) is 23.1 Å². The number of likely N-dealkylation sites (tertiary alicyclic amines) is 1. The van der Waals surface area contributed by atoms with Crippen molar-refractivity contribution in [3.05, 3.63) is 35.9 Å². The number of aldehydes is 1. The van der Waals surface area contributed by atoms with Gasteiger partial charge in [-0.25, -0.2) is 4.79 Å². The molecule has 1 saturated carbocycles. The van der Waals surface area contributed by atoms with E-state index in [1.807, 2.05) is 34.6 Å². The number of urea groups is 1. The summed E-state index contributed by atoms with van der Waals surface area (Å²) in [6.07, 6.45) is 3.80. The summed E-state index contributed by atoms with van der Waals surface area (Å²) in [5.41, 5.74) is -2.58. The Bertz CT molecular complexity index is 924. The minimum absolute atomic E-state index is 0.0518. The smallest absolute Gasteiger partial charge is 0.316 e. The number of benzene rings is 1. The first-order chi connectivity index (χ1) is 16.8. The second kappa shape index (κ2) is 10.9. The predicted molar refractivity (Wildman–Crippen MR) is 136 cm³/mol. The van der Waals surface area contributed by atoms with Crippen LogP contribution in [-0.2, 0) is 15.5 Å². The molecular formula is C28H41F2N3O3. The number of rotatable bonds is 7. The molecule has 0 radical (unpaired) electrons. The van der Waals surface area contributed by atoms with E-state index in [-0.39, 0.29) is 36.1 Å². The second-order valence-corrected chi connectivity index (χ2v) is 11.8. The lowest BCUT2D eigenvalue weighted by Crippen LogP contribution is -2.65. The molecule has 1 aromatic carbocycles. The van der Waals surface area contributed by atoms with Crippen molar-refractivity contribution in [3.63, 3.8) is 0 Å². The van der Waals surface area contributed by atoms with E-state index in [9.17, 15) is 14.4 Å². The molecule has 3 atom stereocenters. The average molecular weight is 506 g/mol. The highest BCUT2D eigenvalue weighted by molar-refractivity contribution is 5.90. The van der Waals surface area contributed by atoms with Crippen molar-refractivity contribution in [1.29, 1.82) is 0 Å². The predicted octanol–water partition coefficient (Wildman–Crippen LogP) is 5.27. The Balaban J connectivity index is 1.84. The molecular weight excluding hydrogens is 464 g/mol. The summed E-state index contributed by atoms with van der Waals surface area (Å²) in [7, 11) is 0. The van der Waals surface area contributed by atoms with Gasteiger partial charge >= 0.3 is 6.03 Å². The Morgan fingerprint density at radius 1 is 1.08 bits per heavy atom. The van der Waals surface area contributed by atoms with Gasteiger partial charge < -0.3 is 20.3 Å². The maximum absolute atomic E-state index is 15.9. The first-order valence-electron chi connectivity index (χ1n) is 13.1. The SMILES string of the molecule is CC(C)C1CCN(C(=O)C(NC(=O)NC2(C(F)(F)c3ccccc3)CCCCC2)C(C)(C)C)[C@@H]1C=O. The molecule has 200 valence electrons. The summed E-state index contributed by atoms with van der Waals surface area (Å²) in [4.78, 5) is 40.4. The maximum Gasteiger partial charge on any atom is 0.316 e. The van der Waals surface area contributed by atoms with Gasteiger partial charge in [-0.3, -0.25) is 4.79 Å². The van der Waals surface area contributed by atoms with Crippen molar-refractivity contribution in [1.82, 2.24) is 15.5 Å². The molecule has 1 aliphatic heterocycles. The van der Waals surface area contributed by atoms with Gasteiger partial charge in [0.25, 0.3) is 5.92 Å². The van der Waals surface area contributed by atoms with E-state index in [0.717, 1.165) is 12.7 Å². The molecule has 2 fully saturated rings. The summed E-state index contributed by atoms with van der Waals surface area (Å²) >= 11 is 0. The molecule has 0 spiro atoms. The molecule has 2 N–H and O–H groups in total. The Morgan fingerprint density at radius 3 is 2.22 bits per heavy atom. The van der Waals surface area contributed by atoms with Crippen LogP contribution in [0.2, 0.25) is 0 Å². The van der Waals surface area contributed by atoms with Gasteiger partial charge in [0.05, 0.1) is 6.04 Å². The topological polar surface area (TPSA) is 78.5 Å². The molecule has 1 aliphatic carbocycles. The van der Waals surface area contributed by atoms with Crippen molar-refractivity contribution < 1.29 is 23.2 Å². The van der Waals surface area contributed by atoms with Crippen LogP contribution < -0.4 is 10.6 Å². The fourth-order valence-electron chi connectivity index (χ4n) is 5.79. The largest absolute Gasteiger partial charge is 0.331 e. The van der Waals surface area contributed by atoms with E-state index in [0.29, 0.717) is 25.8 Å². The lowest BCUT2D eigenvalue weighted by molar-refractivity contribution is -0.139. The number of hydrogen-bond acceptors (Lipinski definition) is 3. The number of amides is 3. The Kier molecular flexibility index (Phi) is 8.46. The highest BCUT2D eigenvalue weighted by atomic mass is 19.3. The highest BCUT2D eigenvalue weighted by Gasteiger charge is 2.56. The van der Waals surface area contributed by atoms with Crippen molar-refractivity contribution in [2.24, 2.45) is 17.3 Å². The van der Waals surface area contributed by atoms with Crippen molar-refractivity contribution in [2.45, 2.75) is 96.7 Å². The summed E-state index contributed by atoms with van der Waals surface area (Å²) in [6, 6.07) is 5.27. The number of nitrogens with zero attached hydrogens (tertiary/aromatic N) is 1. The van der Waals surface area contributed by atoms with E-state index in [4.69, 9.17) is 0 Å². The van der Waals surface area contributed by atoms with Gasteiger partial charge in [-0.2, -0.15) is 8.78 Å². The summed E-state index contributed by atoms with van der Waals surface area (Å²) < 4.78 is 31.8. The van der Waals surface area contributed by atoms with E-state index in [2.05, 4.69) is 10.6 Å². The molecule has 8 heteroatoms. The van der Waals surface area contributed by atoms with Gasteiger partial charge in [-0.05, 0) is 36.5 Å². The molecule has 1 saturated heterocycles. The minimum Gasteiger partial charge on any atom is -0.331 e. The summed E-state index contributed by atoms with van der Waals surface area (Å²) in [5.74, 6) is -3.36. The second-order valence-electron chi connectivity index (χ2n) is 11.8. The normalized spacial score (nSPS) is 23.3. The monoisotopic (exact) mass is 505 g/mol. The van der Waals surface area contributed by atoms with Gasteiger partial charge in [0.15, 0.2) is 0 Å². The maximum atomic E-state index is 15.9. The average Bonchev–Trinajstić information content (AvgIpc) is 3.27. The number of nitrogens with one attached hydrogen (secondary N) is 2. The third-order valence-corrected chi connectivity index (χ3v) is 7.97. The van der Waals surface area contributed by atoms with E-state index in [1.165, 1.54) is 12.1 Å². The Hall–Kier alpha value is -2.51. The molecule has 3 amide bonds. The lowest BCUT2D eigenvalue weighted by Gasteiger charge is -2.44. The number of carbonyl (C=O) groups is 3. The molecule has 2 unspecified atom stereocenters. The molecule has 0 bridgehead atoms. The molecule has 3 rings (SSSR count). The van der Waals surface area contributed by atoms with Crippen LogP contribution in [0.25, 0.3) is 0 Å². The molecule has 2 aliphatic rings. The first-order valence-corrected chi connectivity index (χ1v) is 13.1. The van der Waals surface area contributed by atoms with Gasteiger partial charge in [0.1, 0.15) is 17.9 Å². The summed E-state index contributed by atoms with van der Waals surface area (Å²) in [5, 5.41) is 5.36. The zero-order valence-electron chi connectivity index (χ0n) is 22.2. The number of carbonyl (C=O) groups excluding carboxylic acids is 3. The van der Waals surface area contributed by atoms with Crippen LogP contribution in [0.5, 0.6) is 0 Å². The lowest BCUT2D eigenvalue weighted by atomic mass is 9.74. The number of alkyl halides is 2. The fraction of sp³-hybridized carbons (Fsp3) is 0.679. The third-order valence-electron chi connectivity index (χ3n) is 7.97. The zero-order valence-corrected chi connectivity index (χ0v) is 22.2. The fourth-order valence-corrected chi connectivity index (χ4v) is 5.79. The quantitative estimate of drug-likeness (QED) is 0.496. The zero-order chi connectivity index (χ0) is 26.7. The van der Waals surface area contributed by atoms with Gasteiger partial charge in [-0.1, -0.05) is 84.2 Å². The number of hydrogen-bond donors (Lipinski definition) is 2. The van der Waals surface area contributed by atoms with Crippen molar-refractivity contribution >= 4 is 18.2 Å². The van der Waals surface area contributed by atoms with Gasteiger partial charge in [0, 0.05) is 12.1 Å². The van der Waals surface area contributed by atoms with Crippen LogP contribution >= 0.6 is 0 Å². The molecule has 36 heavy (non-hydrogen) atoms. The van der Waals surface area contributed by atoms with Crippen LogP contribution in [-0.4, -0.2) is 47.3 Å². The number of halogens is 2. The van der Waals surface area contributed by atoms with Crippen molar-refractivity contribution in [3.8, 4) is 0 Å². The standard InChI is InChI=1S/C28H41F2N3O3/c1-19(2)21-14-17-33(22(21)18-34)24(35)23(26(3,4)5)31-25(36)32-27(15-10-7-11-16-27)28(29,30)20-12-8-6-9-13-20/h6,8-9,12-13,18-19,21-23H,7,10-11,14-17H2,1-5H3,(H2,31,32,36)/t21?,22-,23?/m1/s1. The highest BCUT2D eigenvalue weighted by Crippen LogP contribution is 2.47. The van der Waals surface area contributed by atoms with Gasteiger partial charge in [-0.15, -0.1) is 0 Å². The Labute approximate surface area is 213 Å².